The first-order chi connectivity index (χ1) is 26.0. The Morgan fingerprint density at radius 2 is 1.38 bits per heavy atom. The molecule has 2 heterocycles. The van der Waals surface area contributed by atoms with Crippen molar-refractivity contribution in [2.24, 2.45) is 45.3 Å². The van der Waals surface area contributed by atoms with E-state index < -0.39 is 98.5 Å². The molecule has 2 saturated heterocycles. The fourth-order valence-corrected chi connectivity index (χ4v) is 12.7. The van der Waals surface area contributed by atoms with Crippen molar-refractivity contribution in [3.63, 3.8) is 0 Å². The maximum atomic E-state index is 12.3. The summed E-state index contributed by atoms with van der Waals surface area (Å²) in [5.74, 6) is 0.931. The Morgan fingerprint density at radius 3 is 1.98 bits per heavy atom. The molecule has 3 unspecified atom stereocenters. The predicted octanol–water partition coefficient (Wildman–Crippen LogP) is 1.12. The summed E-state index contributed by atoms with van der Waals surface area (Å²) in [4.78, 5) is 0. The SMILES string of the molecule is CC(CCC(O[C@@H]1O[C@H](CO)[C@@H](O)[C@H](O)[C@H]1O[C@@H]1O[C@H](CO)[C@@H](O)[C@H](O)[C@H]1O)C(C)(C)O)[C@H]1CC[C@@]2(C)[C@@H]3CC=C4C(CC[C@H](O)C4(C)C)[C@]3(C)[C@H](O)C[C@]12C. The molecule has 4 aliphatic carbocycles. The first kappa shape index (κ1) is 44.7. The van der Waals surface area contributed by atoms with Crippen LogP contribution in [0.15, 0.2) is 11.6 Å². The maximum absolute atomic E-state index is 12.3. The highest BCUT2D eigenvalue weighted by molar-refractivity contribution is 5.31. The van der Waals surface area contributed by atoms with Gasteiger partial charge in [0.2, 0.25) is 0 Å². The van der Waals surface area contributed by atoms with Crippen LogP contribution in [-0.2, 0) is 18.9 Å². The third-order valence-corrected chi connectivity index (χ3v) is 16.6. The second-order valence-corrected chi connectivity index (χ2v) is 20.2. The summed E-state index contributed by atoms with van der Waals surface area (Å²) in [5.41, 5.74) is -0.951. The molecule has 6 rings (SSSR count). The van der Waals surface area contributed by atoms with Gasteiger partial charge in [-0.05, 0) is 99.7 Å². The molecular formula is C42H72O14. The average molecular weight is 801 g/mol. The van der Waals surface area contributed by atoms with Crippen molar-refractivity contribution >= 4 is 0 Å². The minimum Gasteiger partial charge on any atom is -0.394 e. The summed E-state index contributed by atoms with van der Waals surface area (Å²) in [6.07, 6.45) is -9.06. The van der Waals surface area contributed by atoms with Crippen molar-refractivity contribution in [1.29, 1.82) is 0 Å². The van der Waals surface area contributed by atoms with Gasteiger partial charge in [-0.25, -0.2) is 0 Å². The smallest absolute Gasteiger partial charge is 0.187 e. The molecule has 20 atom stereocenters. The third-order valence-electron chi connectivity index (χ3n) is 16.6. The highest BCUT2D eigenvalue weighted by Gasteiger charge is 2.70. The molecule has 3 saturated carbocycles. The van der Waals surface area contributed by atoms with E-state index in [2.05, 4.69) is 47.6 Å². The number of aliphatic hydroxyl groups excluding tert-OH is 9. The first-order valence-corrected chi connectivity index (χ1v) is 21.0. The molecule has 5 fully saturated rings. The van der Waals surface area contributed by atoms with Crippen molar-refractivity contribution in [2.45, 2.75) is 192 Å². The minimum atomic E-state index is -1.80. The van der Waals surface area contributed by atoms with Gasteiger partial charge in [0.1, 0.15) is 48.8 Å². The summed E-state index contributed by atoms with van der Waals surface area (Å²) in [5, 5.41) is 108. The number of rotatable bonds is 11. The topological polar surface area (TPSA) is 239 Å². The second kappa shape index (κ2) is 15.9. The average Bonchev–Trinajstić information content (AvgIpc) is 3.40. The van der Waals surface area contributed by atoms with E-state index in [0.29, 0.717) is 19.3 Å². The molecule has 56 heavy (non-hydrogen) atoms. The zero-order valence-electron chi connectivity index (χ0n) is 34.6. The van der Waals surface area contributed by atoms with E-state index in [1.165, 1.54) is 5.57 Å². The Bertz CT molecular complexity index is 1400. The molecule has 0 bridgehead atoms. The maximum Gasteiger partial charge on any atom is 0.187 e. The van der Waals surface area contributed by atoms with Gasteiger partial charge in [-0.1, -0.05) is 53.2 Å². The lowest BCUT2D eigenvalue weighted by Crippen LogP contribution is -2.65. The van der Waals surface area contributed by atoms with Crippen molar-refractivity contribution in [3.05, 3.63) is 11.6 Å². The van der Waals surface area contributed by atoms with Gasteiger partial charge in [0.05, 0.1) is 37.1 Å². The highest BCUT2D eigenvalue weighted by atomic mass is 16.8. The van der Waals surface area contributed by atoms with E-state index in [9.17, 15) is 51.1 Å². The number of hydrogen-bond acceptors (Lipinski definition) is 14. The van der Waals surface area contributed by atoms with Crippen molar-refractivity contribution in [3.8, 4) is 0 Å². The number of allylic oxidation sites excluding steroid dienone is 1. The molecule has 0 aromatic carbocycles. The van der Waals surface area contributed by atoms with Gasteiger partial charge in [-0.3, -0.25) is 0 Å². The van der Waals surface area contributed by atoms with Crippen LogP contribution in [0.2, 0.25) is 0 Å². The van der Waals surface area contributed by atoms with Gasteiger partial charge in [-0.15, -0.1) is 0 Å². The molecule has 0 spiro atoms. The van der Waals surface area contributed by atoms with Crippen LogP contribution in [0.5, 0.6) is 0 Å². The summed E-state index contributed by atoms with van der Waals surface area (Å²) in [7, 11) is 0. The number of fused-ring (bicyclic) bond motifs is 5. The van der Waals surface area contributed by atoms with Crippen LogP contribution in [0.1, 0.15) is 107 Å². The zero-order chi connectivity index (χ0) is 41.5. The number of ether oxygens (including phenoxy) is 4. The molecule has 14 heteroatoms. The van der Waals surface area contributed by atoms with Gasteiger partial charge >= 0.3 is 0 Å². The largest absolute Gasteiger partial charge is 0.394 e. The summed E-state index contributed by atoms with van der Waals surface area (Å²) < 4.78 is 23.7. The molecule has 14 nitrogen and oxygen atoms in total. The van der Waals surface area contributed by atoms with E-state index >= 15 is 0 Å². The molecule has 10 N–H and O–H groups in total. The Labute approximate surface area is 331 Å². The predicted molar refractivity (Wildman–Crippen MR) is 202 cm³/mol. The van der Waals surface area contributed by atoms with E-state index in [4.69, 9.17) is 18.9 Å². The van der Waals surface area contributed by atoms with Gasteiger partial charge in [-0.2, -0.15) is 0 Å². The lowest BCUT2D eigenvalue weighted by molar-refractivity contribution is -0.375. The third kappa shape index (κ3) is 7.16. The Hall–Kier alpha value is -0.820. The van der Waals surface area contributed by atoms with Crippen molar-refractivity contribution in [1.82, 2.24) is 0 Å². The minimum absolute atomic E-state index is 0.0323. The summed E-state index contributed by atoms with van der Waals surface area (Å²) in [6, 6.07) is 0. The molecular weight excluding hydrogens is 728 g/mol. The Morgan fingerprint density at radius 1 is 0.768 bits per heavy atom. The van der Waals surface area contributed by atoms with E-state index in [-0.39, 0.29) is 45.3 Å². The summed E-state index contributed by atoms with van der Waals surface area (Å²) >= 11 is 0. The van der Waals surface area contributed by atoms with E-state index in [1.807, 2.05) is 0 Å². The molecule has 0 aromatic rings. The van der Waals surface area contributed by atoms with Gasteiger partial charge < -0.3 is 70.0 Å². The lowest BCUT2D eigenvalue weighted by atomic mass is 9.38. The van der Waals surface area contributed by atoms with Crippen LogP contribution < -0.4 is 0 Å². The van der Waals surface area contributed by atoms with Crippen LogP contribution in [0, 0.1) is 45.3 Å². The molecule has 324 valence electrons. The van der Waals surface area contributed by atoms with E-state index in [1.54, 1.807) is 13.8 Å². The van der Waals surface area contributed by atoms with Crippen LogP contribution in [-0.4, -0.2) is 150 Å². The normalized spacial score (nSPS) is 50.3. The Balaban J connectivity index is 1.19. The van der Waals surface area contributed by atoms with Gasteiger partial charge in [0.15, 0.2) is 12.6 Å². The fraction of sp³-hybridized carbons (Fsp3) is 0.952. The molecule has 0 aromatic heterocycles. The second-order valence-electron chi connectivity index (χ2n) is 20.2. The Kier molecular flexibility index (Phi) is 12.7. The summed E-state index contributed by atoms with van der Waals surface area (Å²) in [6.45, 7) is 15.4. The van der Waals surface area contributed by atoms with Crippen molar-refractivity contribution < 1.29 is 70.0 Å². The quantitative estimate of drug-likeness (QED) is 0.132. The van der Waals surface area contributed by atoms with Gasteiger partial charge in [0.25, 0.3) is 0 Å². The van der Waals surface area contributed by atoms with Crippen molar-refractivity contribution in [2.75, 3.05) is 13.2 Å². The highest BCUT2D eigenvalue weighted by Crippen LogP contribution is 2.75. The monoisotopic (exact) mass is 800 g/mol. The van der Waals surface area contributed by atoms with Crippen LogP contribution in [0.25, 0.3) is 0 Å². The first-order valence-electron chi connectivity index (χ1n) is 21.0. The lowest BCUT2D eigenvalue weighted by Gasteiger charge is -2.67. The molecule has 2 aliphatic heterocycles. The van der Waals surface area contributed by atoms with Crippen LogP contribution >= 0.6 is 0 Å². The standard InChI is InChI=1S/C42H72O14/c1-20(21-15-16-40(6)26-12-10-22-23(11-13-27(45)38(22,2)3)42(26,8)28(46)17-41(21,40)7)9-14-29(39(4,5)52)55-37-35(33(50)31(48)25(19-44)54-37)56-36-34(51)32(49)30(47)24(18-43)53-36/h10,20-21,23-37,43-52H,9,11-19H2,1-8H3/t20?,21-,23?,24-,25-,26+,27+,28-,29?,30-,31-,32+,33+,34-,35-,36+,37+,40+,41-,42+/m1/s1. The number of aliphatic hydroxyl groups is 10. The molecule has 0 radical (unpaired) electrons. The van der Waals surface area contributed by atoms with E-state index in [0.717, 1.165) is 32.1 Å². The van der Waals surface area contributed by atoms with Crippen LogP contribution in [0.3, 0.4) is 0 Å². The zero-order valence-corrected chi connectivity index (χ0v) is 34.6. The molecule has 6 aliphatic rings. The van der Waals surface area contributed by atoms with Gasteiger partial charge in [0, 0.05) is 10.8 Å². The van der Waals surface area contributed by atoms with Crippen LogP contribution in [0.4, 0.5) is 0 Å². The number of hydrogen-bond donors (Lipinski definition) is 10. The fourth-order valence-electron chi connectivity index (χ4n) is 12.7. The molecule has 0 amide bonds.